The van der Waals surface area contributed by atoms with Crippen LogP contribution in [0.5, 0.6) is 0 Å². The molecule has 0 radical (unpaired) electrons. The van der Waals surface area contributed by atoms with Crippen LogP contribution in [0.3, 0.4) is 0 Å². The zero-order valence-corrected chi connectivity index (χ0v) is 20.1. The van der Waals surface area contributed by atoms with Crippen LogP contribution in [0.2, 0.25) is 0 Å². The smallest absolute Gasteiger partial charge is 0.303 e. The van der Waals surface area contributed by atoms with Gasteiger partial charge in [-0.2, -0.15) is 0 Å². The molecule has 11 heteroatoms. The molecule has 5 atom stereocenters. The Morgan fingerprint density at radius 1 is 0.971 bits per heavy atom. The number of hydrogen-bond donors (Lipinski definition) is 6. The third-order valence-electron chi connectivity index (χ3n) is 5.37. The number of rotatable bonds is 16. The number of benzene rings is 1. The predicted molar refractivity (Wildman–Crippen MR) is 128 cm³/mol. The summed E-state index contributed by atoms with van der Waals surface area (Å²) in [4.78, 5) is 60.7. The normalized spacial score (nSPS) is 15.1. The van der Waals surface area contributed by atoms with Crippen molar-refractivity contribution in [3.8, 4) is 0 Å². The minimum Gasteiger partial charge on any atom is -0.481 e. The van der Waals surface area contributed by atoms with Gasteiger partial charge in [0.15, 0.2) is 0 Å². The Hall–Kier alpha value is -3.31. The molecular formula is C24H36N4O7. The Morgan fingerprint density at radius 3 is 2.09 bits per heavy atom. The number of aliphatic hydroxyl groups excluding tert-OH is 1. The number of carboxylic acid groups (broad SMARTS) is 1. The molecule has 0 aliphatic rings. The molecule has 35 heavy (non-hydrogen) atoms. The average molecular weight is 493 g/mol. The molecule has 1 rings (SSSR count). The number of aliphatic hydroxyl groups is 1. The summed E-state index contributed by atoms with van der Waals surface area (Å²) in [6, 6.07) is 4.71. The van der Waals surface area contributed by atoms with Crippen molar-refractivity contribution in [3.05, 3.63) is 35.9 Å². The Balaban J connectivity index is 2.94. The molecule has 0 aliphatic heterocycles. The summed E-state index contributed by atoms with van der Waals surface area (Å²) in [5.74, 6) is -3.33. The predicted octanol–water partition coefficient (Wildman–Crippen LogP) is -0.354. The number of hydrogen-bond acceptors (Lipinski definition) is 7. The molecule has 194 valence electrons. The lowest BCUT2D eigenvalue weighted by Gasteiger charge is -2.25. The first-order valence-electron chi connectivity index (χ1n) is 11.6. The van der Waals surface area contributed by atoms with Crippen LogP contribution in [0.15, 0.2) is 30.3 Å². The van der Waals surface area contributed by atoms with Gasteiger partial charge in [-0.3, -0.25) is 19.2 Å². The number of nitrogens with one attached hydrogen (secondary N) is 3. The zero-order chi connectivity index (χ0) is 26.4. The van der Waals surface area contributed by atoms with E-state index in [9.17, 15) is 29.1 Å². The van der Waals surface area contributed by atoms with Gasteiger partial charge in [0.1, 0.15) is 24.4 Å². The zero-order valence-electron chi connectivity index (χ0n) is 20.1. The van der Waals surface area contributed by atoms with Crippen LogP contribution in [-0.2, 0) is 30.4 Å². The van der Waals surface area contributed by atoms with Crippen molar-refractivity contribution in [2.45, 2.75) is 82.6 Å². The molecule has 0 aliphatic carbocycles. The minimum atomic E-state index is -1.32. The SMILES string of the molecule is CCCCC(NC(=O)[C@H](CCC(=O)O)NC(=O)[C@@H](N)[C@@H](C)O)C(=O)N[C@H](C=O)Cc1ccccc1. The van der Waals surface area contributed by atoms with Crippen molar-refractivity contribution in [2.24, 2.45) is 5.73 Å². The van der Waals surface area contributed by atoms with Gasteiger partial charge in [0, 0.05) is 6.42 Å². The van der Waals surface area contributed by atoms with E-state index in [0.29, 0.717) is 12.7 Å². The second-order valence-electron chi connectivity index (χ2n) is 8.40. The molecule has 3 amide bonds. The van der Waals surface area contributed by atoms with Crippen LogP contribution in [0.4, 0.5) is 0 Å². The molecule has 1 unspecified atom stereocenters. The minimum absolute atomic E-state index is 0.244. The molecule has 0 saturated heterocycles. The molecule has 0 spiro atoms. The highest BCUT2D eigenvalue weighted by molar-refractivity contribution is 5.93. The van der Waals surface area contributed by atoms with E-state index in [1.54, 1.807) is 0 Å². The van der Waals surface area contributed by atoms with E-state index >= 15 is 0 Å². The number of aliphatic carboxylic acids is 1. The van der Waals surface area contributed by atoms with Crippen molar-refractivity contribution in [1.29, 1.82) is 0 Å². The third-order valence-corrected chi connectivity index (χ3v) is 5.37. The molecule has 0 fully saturated rings. The van der Waals surface area contributed by atoms with Gasteiger partial charge in [-0.05, 0) is 31.7 Å². The summed E-state index contributed by atoms with van der Waals surface area (Å²) in [5.41, 5.74) is 6.46. The van der Waals surface area contributed by atoms with Gasteiger partial charge in [0.25, 0.3) is 0 Å². The fourth-order valence-electron chi connectivity index (χ4n) is 3.26. The summed E-state index contributed by atoms with van der Waals surface area (Å²) < 4.78 is 0. The number of carbonyl (C=O) groups is 5. The van der Waals surface area contributed by atoms with Gasteiger partial charge in [-0.25, -0.2) is 0 Å². The standard InChI is InChI=1S/C24H36N4O7/c1-3-4-10-18(22(33)26-17(14-29)13-16-8-6-5-7-9-16)27-23(34)19(11-12-20(31)32)28-24(35)21(25)15(2)30/h5-9,14-15,17-19,21,30H,3-4,10-13,25H2,1-2H3,(H,26,33)(H,27,34)(H,28,35)(H,31,32)/t15-,17+,18?,19+,21+/m1/s1. The summed E-state index contributed by atoms with van der Waals surface area (Å²) >= 11 is 0. The fourth-order valence-corrected chi connectivity index (χ4v) is 3.26. The van der Waals surface area contributed by atoms with Gasteiger partial charge in [-0.15, -0.1) is 0 Å². The Bertz CT molecular complexity index is 848. The maximum absolute atomic E-state index is 12.9. The van der Waals surface area contributed by atoms with Crippen LogP contribution < -0.4 is 21.7 Å². The number of aldehydes is 1. The lowest BCUT2D eigenvalue weighted by Crippen LogP contribution is -2.57. The second-order valence-corrected chi connectivity index (χ2v) is 8.40. The van der Waals surface area contributed by atoms with Gasteiger partial charge in [0.2, 0.25) is 17.7 Å². The first-order valence-corrected chi connectivity index (χ1v) is 11.6. The molecule has 1 aromatic rings. The molecule has 0 bridgehead atoms. The molecule has 1 aromatic carbocycles. The molecule has 0 aromatic heterocycles. The van der Waals surface area contributed by atoms with E-state index in [0.717, 1.165) is 12.0 Å². The quantitative estimate of drug-likeness (QED) is 0.169. The number of unbranched alkanes of at least 4 members (excludes halogenated alkanes) is 1. The lowest BCUT2D eigenvalue weighted by molar-refractivity contribution is -0.138. The number of nitrogens with two attached hydrogens (primary N) is 1. The van der Waals surface area contributed by atoms with Crippen LogP contribution >= 0.6 is 0 Å². The fraction of sp³-hybridized carbons (Fsp3) is 0.542. The van der Waals surface area contributed by atoms with Crippen LogP contribution in [0.25, 0.3) is 0 Å². The van der Waals surface area contributed by atoms with E-state index in [4.69, 9.17) is 10.8 Å². The first-order chi connectivity index (χ1) is 16.6. The van der Waals surface area contributed by atoms with Crippen LogP contribution in [-0.4, -0.2) is 70.5 Å². The number of carbonyl (C=O) groups excluding carboxylic acids is 4. The molecular weight excluding hydrogens is 456 g/mol. The number of amides is 3. The maximum atomic E-state index is 12.9. The molecule has 11 nitrogen and oxygen atoms in total. The highest BCUT2D eigenvalue weighted by Gasteiger charge is 2.30. The Kier molecular flexibility index (Phi) is 13.2. The molecule has 0 heterocycles. The van der Waals surface area contributed by atoms with Gasteiger partial charge in [-0.1, -0.05) is 50.1 Å². The third kappa shape index (κ3) is 11.1. The monoisotopic (exact) mass is 492 g/mol. The summed E-state index contributed by atoms with van der Waals surface area (Å²) in [6.45, 7) is 3.22. The highest BCUT2D eigenvalue weighted by atomic mass is 16.4. The number of carboxylic acids is 1. The Morgan fingerprint density at radius 2 is 1.54 bits per heavy atom. The van der Waals surface area contributed by atoms with Crippen molar-refractivity contribution in [1.82, 2.24) is 16.0 Å². The average Bonchev–Trinajstić information content (AvgIpc) is 2.83. The lowest BCUT2D eigenvalue weighted by atomic mass is 10.0. The molecule has 0 saturated carbocycles. The van der Waals surface area contributed by atoms with E-state index in [-0.39, 0.29) is 19.3 Å². The Labute approximate surface area is 204 Å². The van der Waals surface area contributed by atoms with Crippen molar-refractivity contribution in [2.75, 3.05) is 0 Å². The summed E-state index contributed by atoms with van der Waals surface area (Å²) in [6.07, 6.45) is 0.662. The molecule has 7 N–H and O–H groups in total. The summed E-state index contributed by atoms with van der Waals surface area (Å²) in [7, 11) is 0. The van der Waals surface area contributed by atoms with Crippen molar-refractivity contribution >= 4 is 30.0 Å². The topological polar surface area (TPSA) is 188 Å². The van der Waals surface area contributed by atoms with Gasteiger partial charge >= 0.3 is 5.97 Å². The van der Waals surface area contributed by atoms with Gasteiger partial charge in [0.05, 0.1) is 12.1 Å². The first kappa shape index (κ1) is 29.7. The second kappa shape index (κ2) is 15.6. The van der Waals surface area contributed by atoms with Crippen LogP contribution in [0, 0.1) is 0 Å². The van der Waals surface area contributed by atoms with Crippen LogP contribution in [0.1, 0.15) is 51.5 Å². The van der Waals surface area contributed by atoms with Crippen molar-refractivity contribution < 1.29 is 34.2 Å². The van der Waals surface area contributed by atoms with E-state index in [1.165, 1.54) is 6.92 Å². The van der Waals surface area contributed by atoms with E-state index in [1.807, 2.05) is 37.3 Å². The van der Waals surface area contributed by atoms with E-state index in [2.05, 4.69) is 16.0 Å². The maximum Gasteiger partial charge on any atom is 0.303 e. The highest BCUT2D eigenvalue weighted by Crippen LogP contribution is 2.07. The van der Waals surface area contributed by atoms with Crippen molar-refractivity contribution in [3.63, 3.8) is 0 Å². The van der Waals surface area contributed by atoms with E-state index < -0.39 is 60.4 Å². The largest absolute Gasteiger partial charge is 0.481 e. The van der Waals surface area contributed by atoms with Gasteiger partial charge < -0.3 is 36.7 Å². The summed E-state index contributed by atoms with van der Waals surface area (Å²) in [5, 5.41) is 26.1.